The van der Waals surface area contributed by atoms with Gasteiger partial charge in [0.1, 0.15) is 11.6 Å². The molecular weight excluding hydrogens is 474 g/mol. The highest BCUT2D eigenvalue weighted by atomic mass is 35.5. The Hall–Kier alpha value is -3.05. The van der Waals surface area contributed by atoms with Gasteiger partial charge in [-0.2, -0.15) is 9.19 Å². The fourth-order valence-electron chi connectivity index (χ4n) is 4.45. The van der Waals surface area contributed by atoms with Crippen molar-refractivity contribution < 1.29 is 17.2 Å². The van der Waals surface area contributed by atoms with Crippen LogP contribution in [0.4, 0.5) is 14.5 Å². The summed E-state index contributed by atoms with van der Waals surface area (Å²) in [5.41, 5.74) is 0.934. The fourth-order valence-corrected chi connectivity index (χ4v) is 5.52. The molecule has 1 N–H and O–H groups in total. The van der Waals surface area contributed by atoms with Crippen LogP contribution < -0.4 is 5.32 Å². The lowest BCUT2D eigenvalue weighted by Gasteiger charge is -2.35. The summed E-state index contributed by atoms with van der Waals surface area (Å²) >= 11 is 6.53. The third kappa shape index (κ3) is 2.98. The van der Waals surface area contributed by atoms with Crippen molar-refractivity contribution in [2.24, 2.45) is 0 Å². The molecule has 172 valence electrons. The van der Waals surface area contributed by atoms with E-state index in [1.807, 2.05) is 13.8 Å². The standard InChI is InChI=1S/C21H19ClF2N6O2S/c1-9-15(12-6-11(23)7-14-13(12)8-25-30(14)33(5,31)32)16(22)17(24)18-19(9)29-10(2)27-28-20(29)21(3,4)26-18/h6-8,26H,1-5H3. The number of benzene rings is 2. The van der Waals surface area contributed by atoms with Crippen molar-refractivity contribution in [2.75, 3.05) is 11.6 Å². The van der Waals surface area contributed by atoms with Crippen molar-refractivity contribution >= 4 is 38.2 Å². The highest BCUT2D eigenvalue weighted by Gasteiger charge is 2.38. The maximum atomic E-state index is 15.7. The number of anilines is 1. The van der Waals surface area contributed by atoms with E-state index in [0.29, 0.717) is 28.3 Å². The number of aromatic nitrogens is 5. The summed E-state index contributed by atoms with van der Waals surface area (Å²) in [4.78, 5) is 0. The van der Waals surface area contributed by atoms with Gasteiger partial charge in [0.2, 0.25) is 0 Å². The van der Waals surface area contributed by atoms with Crippen LogP contribution >= 0.6 is 11.6 Å². The van der Waals surface area contributed by atoms with Crippen LogP contribution in [0.25, 0.3) is 27.7 Å². The topological polar surface area (TPSA) is 94.7 Å². The second-order valence-electron chi connectivity index (χ2n) is 8.64. The zero-order chi connectivity index (χ0) is 24.0. The van der Waals surface area contributed by atoms with Crippen LogP contribution in [-0.4, -0.2) is 38.6 Å². The van der Waals surface area contributed by atoms with Crippen LogP contribution in [0.5, 0.6) is 0 Å². The predicted octanol–water partition coefficient (Wildman–Crippen LogP) is 4.30. The van der Waals surface area contributed by atoms with E-state index in [1.54, 1.807) is 18.4 Å². The third-order valence-electron chi connectivity index (χ3n) is 5.85. The van der Waals surface area contributed by atoms with Gasteiger partial charge in [0.25, 0.3) is 10.0 Å². The molecule has 0 saturated carbocycles. The average Bonchev–Trinajstić information content (AvgIpc) is 3.30. The van der Waals surface area contributed by atoms with Gasteiger partial charge >= 0.3 is 0 Å². The minimum Gasteiger partial charge on any atom is -0.369 e. The summed E-state index contributed by atoms with van der Waals surface area (Å²) < 4.78 is 57.1. The molecule has 0 amide bonds. The molecule has 3 heterocycles. The molecule has 0 radical (unpaired) electrons. The number of aryl methyl sites for hydroxylation is 1. The SMILES string of the molecule is Cc1c(-c2cc(F)cc3c2cnn3S(C)(=O)=O)c(Cl)c(F)c2c1-n1c(C)nnc1C(C)(C)N2. The zero-order valence-electron chi connectivity index (χ0n) is 18.3. The molecule has 0 spiro atoms. The molecule has 0 atom stereocenters. The largest absolute Gasteiger partial charge is 0.369 e. The van der Waals surface area contributed by atoms with Gasteiger partial charge in [0.05, 0.1) is 39.9 Å². The summed E-state index contributed by atoms with van der Waals surface area (Å²) in [7, 11) is -3.79. The Bertz CT molecular complexity index is 1610. The first-order chi connectivity index (χ1) is 15.3. The molecule has 0 aliphatic carbocycles. The summed E-state index contributed by atoms with van der Waals surface area (Å²) in [6.45, 7) is 7.19. The summed E-state index contributed by atoms with van der Waals surface area (Å²) in [5, 5.41) is 15.6. The number of nitrogens with one attached hydrogen (secondary N) is 1. The van der Waals surface area contributed by atoms with Crippen molar-refractivity contribution in [3.8, 4) is 16.8 Å². The van der Waals surface area contributed by atoms with Crippen LogP contribution in [0.1, 0.15) is 31.1 Å². The van der Waals surface area contributed by atoms with Gasteiger partial charge in [0.15, 0.2) is 11.6 Å². The van der Waals surface area contributed by atoms with E-state index in [0.717, 1.165) is 16.4 Å². The lowest BCUT2D eigenvalue weighted by molar-refractivity contribution is 0.522. The summed E-state index contributed by atoms with van der Waals surface area (Å²) in [6.07, 6.45) is 2.26. The van der Waals surface area contributed by atoms with Crippen molar-refractivity contribution in [1.29, 1.82) is 0 Å². The lowest BCUT2D eigenvalue weighted by Crippen LogP contribution is -2.37. The summed E-state index contributed by atoms with van der Waals surface area (Å²) in [5.74, 6) is -0.299. The highest BCUT2D eigenvalue weighted by molar-refractivity contribution is 7.89. The average molecular weight is 493 g/mol. The smallest absolute Gasteiger partial charge is 0.251 e. The van der Waals surface area contributed by atoms with Gasteiger partial charge in [-0.1, -0.05) is 11.6 Å². The Morgan fingerprint density at radius 3 is 2.52 bits per heavy atom. The predicted molar refractivity (Wildman–Crippen MR) is 121 cm³/mol. The minimum atomic E-state index is -3.79. The lowest BCUT2D eigenvalue weighted by atomic mass is 9.92. The van der Waals surface area contributed by atoms with Gasteiger partial charge in [-0.25, -0.2) is 17.2 Å². The van der Waals surface area contributed by atoms with Crippen LogP contribution in [0.2, 0.25) is 5.02 Å². The molecule has 5 rings (SSSR count). The van der Waals surface area contributed by atoms with Crippen molar-refractivity contribution in [1.82, 2.24) is 24.0 Å². The zero-order valence-corrected chi connectivity index (χ0v) is 19.9. The third-order valence-corrected chi connectivity index (χ3v) is 7.12. The van der Waals surface area contributed by atoms with Gasteiger partial charge in [-0.15, -0.1) is 10.2 Å². The van der Waals surface area contributed by atoms with E-state index in [1.165, 1.54) is 12.3 Å². The normalized spacial score (nSPS) is 14.8. The van der Waals surface area contributed by atoms with Crippen LogP contribution in [0.3, 0.4) is 0 Å². The van der Waals surface area contributed by atoms with Gasteiger partial charge < -0.3 is 5.32 Å². The van der Waals surface area contributed by atoms with Crippen LogP contribution in [0.15, 0.2) is 18.3 Å². The minimum absolute atomic E-state index is 0.0292. The first kappa shape index (κ1) is 21.8. The van der Waals surface area contributed by atoms with E-state index < -0.39 is 27.2 Å². The molecule has 0 bridgehead atoms. The number of hydrogen-bond donors (Lipinski definition) is 1. The Kier molecular flexibility index (Phi) is 4.44. The Balaban J connectivity index is 1.91. The number of halogens is 3. The molecular formula is C21H19ClF2N6O2S. The fraction of sp³-hybridized carbons (Fsp3) is 0.286. The number of nitrogens with zero attached hydrogens (tertiary/aromatic N) is 5. The second-order valence-corrected chi connectivity index (χ2v) is 10.8. The van der Waals surface area contributed by atoms with Gasteiger partial charge in [-0.3, -0.25) is 4.57 Å². The van der Waals surface area contributed by atoms with E-state index in [9.17, 15) is 12.8 Å². The van der Waals surface area contributed by atoms with Crippen molar-refractivity contribution in [2.45, 2.75) is 33.2 Å². The molecule has 0 fully saturated rings. The van der Waals surface area contributed by atoms with Gasteiger partial charge in [0, 0.05) is 17.0 Å². The molecule has 2 aromatic carbocycles. The highest BCUT2D eigenvalue weighted by Crippen LogP contribution is 2.48. The first-order valence-electron chi connectivity index (χ1n) is 9.93. The molecule has 0 unspecified atom stereocenters. The maximum absolute atomic E-state index is 15.7. The Labute approximate surface area is 193 Å². The summed E-state index contributed by atoms with van der Waals surface area (Å²) in [6, 6.07) is 2.26. The van der Waals surface area contributed by atoms with E-state index in [4.69, 9.17) is 11.6 Å². The van der Waals surface area contributed by atoms with Crippen molar-refractivity contribution in [3.05, 3.63) is 52.2 Å². The van der Waals surface area contributed by atoms with Gasteiger partial charge in [-0.05, 0) is 44.9 Å². The van der Waals surface area contributed by atoms with E-state index in [2.05, 4.69) is 20.6 Å². The molecule has 4 aromatic rings. The Morgan fingerprint density at radius 1 is 1.15 bits per heavy atom. The number of rotatable bonds is 2. The maximum Gasteiger partial charge on any atom is 0.251 e. The molecule has 12 heteroatoms. The number of fused-ring (bicyclic) bond motifs is 4. The molecule has 8 nitrogen and oxygen atoms in total. The first-order valence-corrected chi connectivity index (χ1v) is 12.2. The number of hydrogen-bond acceptors (Lipinski definition) is 6. The van der Waals surface area contributed by atoms with E-state index in [-0.39, 0.29) is 27.4 Å². The molecule has 0 saturated heterocycles. The monoisotopic (exact) mass is 492 g/mol. The van der Waals surface area contributed by atoms with Crippen LogP contribution in [-0.2, 0) is 15.6 Å². The molecule has 1 aliphatic rings. The second kappa shape index (κ2) is 6.73. The molecule has 1 aliphatic heterocycles. The molecule has 33 heavy (non-hydrogen) atoms. The quantitative estimate of drug-likeness (QED) is 0.448. The van der Waals surface area contributed by atoms with Crippen molar-refractivity contribution in [3.63, 3.8) is 0 Å². The Morgan fingerprint density at radius 2 is 1.85 bits per heavy atom. The molecule has 2 aromatic heterocycles. The van der Waals surface area contributed by atoms with E-state index >= 15 is 4.39 Å². The van der Waals surface area contributed by atoms with Crippen LogP contribution in [0, 0.1) is 25.5 Å².